The van der Waals surface area contributed by atoms with Gasteiger partial charge in [0, 0.05) is 6.20 Å². The molecule has 0 bridgehead atoms. The number of hydrogen-bond donors (Lipinski definition) is 0. The lowest BCUT2D eigenvalue weighted by Gasteiger charge is -1.86. The van der Waals surface area contributed by atoms with E-state index in [1.165, 1.54) is 0 Å². The molecule has 0 unspecified atom stereocenters. The Morgan fingerprint density at radius 3 is 3.23 bits per heavy atom. The van der Waals surface area contributed by atoms with E-state index in [9.17, 15) is 0 Å². The Labute approximate surface area is 73.0 Å². The molecule has 3 aromatic rings. The van der Waals surface area contributed by atoms with E-state index >= 15 is 0 Å². The van der Waals surface area contributed by atoms with E-state index in [1.54, 1.807) is 23.1 Å². The maximum atomic E-state index is 4.22. The molecule has 0 spiro atoms. The molecule has 0 aromatic carbocycles. The second-order valence-corrected chi connectivity index (χ2v) is 2.66. The molecule has 0 N–H and O–H groups in total. The highest BCUT2D eigenvalue weighted by atomic mass is 15.3. The van der Waals surface area contributed by atoms with E-state index in [4.69, 9.17) is 0 Å². The van der Waals surface area contributed by atoms with Crippen LogP contribution in [-0.2, 0) is 0 Å². The quantitative estimate of drug-likeness (QED) is 0.499. The van der Waals surface area contributed by atoms with Crippen LogP contribution in [0.2, 0.25) is 0 Å². The van der Waals surface area contributed by atoms with Gasteiger partial charge in [0.2, 0.25) is 0 Å². The van der Waals surface area contributed by atoms with E-state index < -0.39 is 0 Å². The number of rotatable bonds is 0. The molecule has 3 aromatic heterocycles. The van der Waals surface area contributed by atoms with Crippen LogP contribution in [0.15, 0.2) is 30.7 Å². The van der Waals surface area contributed by atoms with E-state index in [0.717, 1.165) is 11.0 Å². The maximum absolute atomic E-state index is 4.22. The highest BCUT2D eigenvalue weighted by Gasteiger charge is 2.04. The Kier molecular flexibility index (Phi) is 1.11. The summed E-state index contributed by atoms with van der Waals surface area (Å²) in [5.41, 5.74) is 1.44. The molecule has 3 rings (SSSR count). The van der Waals surface area contributed by atoms with Gasteiger partial charge < -0.3 is 0 Å². The predicted molar refractivity (Wildman–Crippen MR) is 46.1 cm³/mol. The van der Waals surface area contributed by atoms with Crippen molar-refractivity contribution in [1.29, 1.82) is 0 Å². The molecule has 62 valence electrons. The Morgan fingerprint density at radius 1 is 1.23 bits per heavy atom. The van der Waals surface area contributed by atoms with Crippen molar-refractivity contribution in [3.05, 3.63) is 30.7 Å². The molecule has 0 radical (unpaired) electrons. The van der Waals surface area contributed by atoms with Crippen LogP contribution in [0.5, 0.6) is 0 Å². The summed E-state index contributed by atoms with van der Waals surface area (Å²) >= 11 is 0. The van der Waals surface area contributed by atoms with Gasteiger partial charge in [-0.3, -0.25) is 0 Å². The number of nitrogens with zero attached hydrogens (tertiary/aromatic N) is 5. The molecule has 0 aliphatic carbocycles. The van der Waals surface area contributed by atoms with E-state index in [-0.39, 0.29) is 0 Å². The van der Waals surface area contributed by atoms with Gasteiger partial charge in [-0.25, -0.2) is 9.50 Å². The summed E-state index contributed by atoms with van der Waals surface area (Å²) in [4.78, 5) is 4.12. The normalized spacial score (nSPS) is 11.1. The summed E-state index contributed by atoms with van der Waals surface area (Å²) in [6.07, 6.45) is 5.06. The molecule has 0 saturated heterocycles. The van der Waals surface area contributed by atoms with Gasteiger partial charge in [-0.05, 0) is 12.1 Å². The summed E-state index contributed by atoms with van der Waals surface area (Å²) < 4.78 is 1.67. The summed E-state index contributed by atoms with van der Waals surface area (Å²) in [7, 11) is 0. The van der Waals surface area contributed by atoms with Crippen molar-refractivity contribution in [2.45, 2.75) is 0 Å². The number of fused-ring (bicyclic) bond motifs is 3. The molecule has 3 heterocycles. The van der Waals surface area contributed by atoms with Crippen LogP contribution in [0.1, 0.15) is 0 Å². The molecular weight excluding hydrogens is 166 g/mol. The monoisotopic (exact) mass is 171 g/mol. The SMILES string of the molecule is c1cnc2nn3ccnnc3c2c1. The van der Waals surface area contributed by atoms with Gasteiger partial charge in [0.25, 0.3) is 0 Å². The van der Waals surface area contributed by atoms with Gasteiger partial charge in [-0.1, -0.05) is 0 Å². The zero-order valence-electron chi connectivity index (χ0n) is 6.62. The van der Waals surface area contributed by atoms with Crippen molar-refractivity contribution in [3.63, 3.8) is 0 Å². The zero-order valence-corrected chi connectivity index (χ0v) is 6.62. The van der Waals surface area contributed by atoms with Crippen LogP contribution in [0.4, 0.5) is 0 Å². The molecule has 0 aliphatic heterocycles. The van der Waals surface area contributed by atoms with Crippen molar-refractivity contribution >= 4 is 16.7 Å². The first kappa shape index (κ1) is 6.47. The second kappa shape index (κ2) is 2.22. The third-order valence-electron chi connectivity index (χ3n) is 1.87. The van der Waals surface area contributed by atoms with Gasteiger partial charge in [0.05, 0.1) is 17.8 Å². The van der Waals surface area contributed by atoms with E-state index in [2.05, 4.69) is 20.3 Å². The van der Waals surface area contributed by atoms with Crippen molar-refractivity contribution in [2.24, 2.45) is 0 Å². The van der Waals surface area contributed by atoms with Crippen LogP contribution in [0, 0.1) is 0 Å². The summed E-state index contributed by atoms with van der Waals surface area (Å²) in [6, 6.07) is 3.79. The average molecular weight is 171 g/mol. The average Bonchev–Trinajstić information content (AvgIpc) is 2.56. The number of pyridine rings is 1. The molecule has 0 saturated carbocycles. The molecule has 0 aliphatic rings. The summed E-state index contributed by atoms with van der Waals surface area (Å²) in [5, 5.41) is 12.9. The van der Waals surface area contributed by atoms with Crippen molar-refractivity contribution in [3.8, 4) is 0 Å². The van der Waals surface area contributed by atoms with Crippen molar-refractivity contribution < 1.29 is 0 Å². The Balaban J connectivity index is 2.64. The largest absolute Gasteiger partial charge is 0.235 e. The molecule has 13 heavy (non-hydrogen) atoms. The minimum Gasteiger partial charge on any atom is -0.235 e. The molecular formula is C8H5N5. The first-order valence-electron chi connectivity index (χ1n) is 3.86. The van der Waals surface area contributed by atoms with Gasteiger partial charge in [0.15, 0.2) is 11.3 Å². The first-order valence-corrected chi connectivity index (χ1v) is 3.86. The molecule has 5 nitrogen and oxygen atoms in total. The Hall–Kier alpha value is -2.04. The minimum atomic E-state index is 0.697. The highest BCUT2D eigenvalue weighted by Crippen LogP contribution is 2.12. The third-order valence-corrected chi connectivity index (χ3v) is 1.87. The van der Waals surface area contributed by atoms with Crippen LogP contribution < -0.4 is 0 Å². The molecule has 0 atom stereocenters. The van der Waals surface area contributed by atoms with Crippen molar-refractivity contribution in [1.82, 2.24) is 24.8 Å². The topological polar surface area (TPSA) is 56.0 Å². The van der Waals surface area contributed by atoms with Crippen LogP contribution >= 0.6 is 0 Å². The first-order chi connectivity index (χ1) is 6.45. The Bertz CT molecular complexity index is 520. The fraction of sp³-hybridized carbons (Fsp3) is 0. The van der Waals surface area contributed by atoms with Gasteiger partial charge in [-0.15, -0.1) is 10.2 Å². The molecule has 5 heteroatoms. The lowest BCUT2D eigenvalue weighted by atomic mass is 10.3. The molecule has 0 amide bonds. The second-order valence-electron chi connectivity index (χ2n) is 2.66. The highest BCUT2D eigenvalue weighted by molar-refractivity contribution is 5.88. The van der Waals surface area contributed by atoms with Crippen LogP contribution in [-0.4, -0.2) is 24.8 Å². The Morgan fingerprint density at radius 2 is 2.23 bits per heavy atom. The zero-order chi connectivity index (χ0) is 8.67. The predicted octanol–water partition coefficient (Wildman–Crippen LogP) is 0.672. The fourth-order valence-corrected chi connectivity index (χ4v) is 1.31. The number of hydrogen-bond acceptors (Lipinski definition) is 4. The van der Waals surface area contributed by atoms with Crippen LogP contribution in [0.25, 0.3) is 16.7 Å². The third kappa shape index (κ3) is 0.807. The van der Waals surface area contributed by atoms with Gasteiger partial charge in [-0.2, -0.15) is 5.10 Å². The minimum absolute atomic E-state index is 0.697. The van der Waals surface area contributed by atoms with E-state index in [1.807, 2.05) is 12.1 Å². The number of aromatic nitrogens is 5. The maximum Gasteiger partial charge on any atom is 0.186 e. The van der Waals surface area contributed by atoms with Gasteiger partial charge in [0.1, 0.15) is 0 Å². The van der Waals surface area contributed by atoms with E-state index in [0.29, 0.717) is 5.65 Å². The summed E-state index contributed by atoms with van der Waals surface area (Å²) in [5.74, 6) is 0. The lowest BCUT2D eigenvalue weighted by molar-refractivity contribution is 0.895. The lowest BCUT2D eigenvalue weighted by Crippen LogP contribution is -1.89. The molecule has 0 fully saturated rings. The smallest absolute Gasteiger partial charge is 0.186 e. The van der Waals surface area contributed by atoms with Crippen molar-refractivity contribution in [2.75, 3.05) is 0 Å². The standard InChI is InChI=1S/C8H5N5/c1-2-6-7(9-3-1)12-13-5-4-10-11-8(6)13/h1-5H. The van der Waals surface area contributed by atoms with Crippen LogP contribution in [0.3, 0.4) is 0 Å². The summed E-state index contributed by atoms with van der Waals surface area (Å²) in [6.45, 7) is 0. The van der Waals surface area contributed by atoms with Gasteiger partial charge >= 0.3 is 0 Å². The fourth-order valence-electron chi connectivity index (χ4n) is 1.31.